The highest BCUT2D eigenvalue weighted by atomic mass is 79.9. The summed E-state index contributed by atoms with van der Waals surface area (Å²) in [4.78, 5) is 0. The van der Waals surface area contributed by atoms with Crippen LogP contribution < -0.4 is 11.3 Å². The van der Waals surface area contributed by atoms with Crippen LogP contribution in [0.15, 0.2) is 27.1 Å². The number of nitrogens with one attached hydrogen (secondary N) is 1. The second kappa shape index (κ2) is 6.74. The van der Waals surface area contributed by atoms with E-state index >= 15 is 0 Å². The van der Waals surface area contributed by atoms with E-state index in [4.69, 9.17) is 5.84 Å². The van der Waals surface area contributed by atoms with Crippen LogP contribution in [0.3, 0.4) is 0 Å². The van der Waals surface area contributed by atoms with Gasteiger partial charge in [-0.05, 0) is 23.6 Å². The van der Waals surface area contributed by atoms with Crippen molar-refractivity contribution in [2.75, 3.05) is 0 Å². The van der Waals surface area contributed by atoms with E-state index in [0.29, 0.717) is 5.92 Å². The maximum atomic E-state index is 5.68. The monoisotopic (exact) mass is 348 g/mol. The van der Waals surface area contributed by atoms with Gasteiger partial charge in [0.1, 0.15) is 0 Å². The van der Waals surface area contributed by atoms with Gasteiger partial charge in [-0.25, -0.2) is 0 Å². The molecule has 0 bridgehead atoms. The fourth-order valence-electron chi connectivity index (χ4n) is 1.99. The Morgan fingerprint density at radius 2 is 1.88 bits per heavy atom. The maximum Gasteiger partial charge on any atom is 0.0499 e. The van der Waals surface area contributed by atoms with Crippen molar-refractivity contribution in [1.29, 1.82) is 0 Å². The molecule has 1 atom stereocenters. The van der Waals surface area contributed by atoms with E-state index in [1.807, 2.05) is 6.07 Å². The molecule has 2 nitrogen and oxygen atoms in total. The molecule has 0 amide bonds. The number of nitrogens with two attached hydrogens (primary N) is 1. The number of rotatable bonds is 5. The van der Waals surface area contributed by atoms with Crippen LogP contribution in [0, 0.1) is 5.92 Å². The summed E-state index contributed by atoms with van der Waals surface area (Å²) in [6.07, 6.45) is 2.24. The van der Waals surface area contributed by atoms with Crippen molar-refractivity contribution in [2.24, 2.45) is 11.8 Å². The first-order valence-electron chi connectivity index (χ1n) is 5.55. The lowest BCUT2D eigenvalue weighted by Gasteiger charge is -2.26. The van der Waals surface area contributed by atoms with Crippen molar-refractivity contribution >= 4 is 31.9 Å². The van der Waals surface area contributed by atoms with Gasteiger partial charge in [0.2, 0.25) is 0 Å². The van der Waals surface area contributed by atoms with E-state index in [1.54, 1.807) is 0 Å². The largest absolute Gasteiger partial charge is 0.271 e. The molecule has 0 aliphatic heterocycles. The van der Waals surface area contributed by atoms with Gasteiger partial charge in [0.25, 0.3) is 0 Å². The summed E-state index contributed by atoms with van der Waals surface area (Å²) in [5.74, 6) is 6.24. The van der Waals surface area contributed by atoms with Crippen molar-refractivity contribution in [3.63, 3.8) is 0 Å². The van der Waals surface area contributed by atoms with E-state index in [2.05, 4.69) is 63.3 Å². The van der Waals surface area contributed by atoms with E-state index in [1.165, 1.54) is 5.56 Å². The number of benzene rings is 1. The van der Waals surface area contributed by atoms with Crippen molar-refractivity contribution in [3.05, 3.63) is 32.7 Å². The summed E-state index contributed by atoms with van der Waals surface area (Å²) in [5.41, 5.74) is 4.16. The Labute approximate surface area is 114 Å². The molecule has 4 heteroatoms. The van der Waals surface area contributed by atoms with Gasteiger partial charge in [-0.15, -0.1) is 0 Å². The van der Waals surface area contributed by atoms with Gasteiger partial charge in [-0.1, -0.05) is 64.6 Å². The summed E-state index contributed by atoms with van der Waals surface area (Å²) >= 11 is 7.05. The first-order valence-corrected chi connectivity index (χ1v) is 7.13. The molecular weight excluding hydrogens is 332 g/mol. The molecule has 0 aliphatic carbocycles. The van der Waals surface area contributed by atoms with Crippen LogP contribution in [0.1, 0.15) is 38.3 Å². The lowest BCUT2D eigenvalue weighted by Crippen LogP contribution is -2.33. The van der Waals surface area contributed by atoms with Crippen LogP contribution in [0.5, 0.6) is 0 Å². The molecule has 3 N–H and O–H groups in total. The Kier molecular flexibility index (Phi) is 5.97. The first-order chi connectivity index (χ1) is 7.63. The molecule has 0 heterocycles. The third-order valence-electron chi connectivity index (χ3n) is 3.00. The van der Waals surface area contributed by atoms with E-state index in [-0.39, 0.29) is 6.04 Å². The molecule has 1 aromatic carbocycles. The van der Waals surface area contributed by atoms with Gasteiger partial charge in [-0.2, -0.15) is 0 Å². The van der Waals surface area contributed by atoms with Gasteiger partial charge in [-0.3, -0.25) is 11.3 Å². The Hall–Kier alpha value is 0.1000. The fourth-order valence-corrected chi connectivity index (χ4v) is 3.29. The van der Waals surface area contributed by atoms with Gasteiger partial charge in [0.05, 0.1) is 0 Å². The van der Waals surface area contributed by atoms with Crippen LogP contribution in [0.2, 0.25) is 0 Å². The van der Waals surface area contributed by atoms with Crippen LogP contribution in [0.4, 0.5) is 0 Å². The standard InChI is InChI=1S/C12H18Br2N2/c1-3-8(4-2)12(16-15)10-6-5-9(13)7-11(10)14/h5-8,12,16H,3-4,15H2,1-2H3. The summed E-state index contributed by atoms with van der Waals surface area (Å²) in [6, 6.07) is 6.42. The highest BCUT2D eigenvalue weighted by Gasteiger charge is 2.21. The zero-order valence-electron chi connectivity index (χ0n) is 9.63. The fraction of sp³-hybridized carbons (Fsp3) is 0.500. The molecule has 0 fully saturated rings. The second-order valence-corrected chi connectivity index (χ2v) is 5.66. The molecule has 0 aromatic heterocycles. The minimum atomic E-state index is 0.206. The lowest BCUT2D eigenvalue weighted by atomic mass is 9.89. The van der Waals surface area contributed by atoms with Crippen LogP contribution >= 0.6 is 31.9 Å². The summed E-state index contributed by atoms with van der Waals surface area (Å²) < 4.78 is 2.17. The van der Waals surface area contributed by atoms with Crippen molar-refractivity contribution in [1.82, 2.24) is 5.43 Å². The minimum absolute atomic E-state index is 0.206. The van der Waals surface area contributed by atoms with Gasteiger partial charge in [0.15, 0.2) is 0 Å². The lowest BCUT2D eigenvalue weighted by molar-refractivity contribution is 0.344. The number of hydrogen-bond donors (Lipinski definition) is 2. The molecule has 1 rings (SSSR count). The first kappa shape index (κ1) is 14.2. The summed E-state index contributed by atoms with van der Waals surface area (Å²) in [6.45, 7) is 4.40. The Bertz CT molecular complexity index is 338. The molecule has 1 aromatic rings. The molecule has 0 radical (unpaired) electrons. The molecule has 1 unspecified atom stereocenters. The average molecular weight is 350 g/mol. The van der Waals surface area contributed by atoms with E-state index in [0.717, 1.165) is 21.8 Å². The van der Waals surface area contributed by atoms with Crippen molar-refractivity contribution in [3.8, 4) is 0 Å². The quantitative estimate of drug-likeness (QED) is 0.619. The zero-order valence-corrected chi connectivity index (χ0v) is 12.8. The predicted molar refractivity (Wildman–Crippen MR) is 76.0 cm³/mol. The molecule has 0 saturated heterocycles. The normalized spacial score (nSPS) is 13.1. The third-order valence-corrected chi connectivity index (χ3v) is 4.18. The highest BCUT2D eigenvalue weighted by molar-refractivity contribution is 9.11. The Morgan fingerprint density at radius 1 is 1.25 bits per heavy atom. The van der Waals surface area contributed by atoms with Crippen LogP contribution in [-0.4, -0.2) is 0 Å². The third kappa shape index (κ3) is 3.29. The van der Waals surface area contributed by atoms with Crippen LogP contribution in [-0.2, 0) is 0 Å². The number of halogens is 2. The molecule has 16 heavy (non-hydrogen) atoms. The van der Waals surface area contributed by atoms with Crippen molar-refractivity contribution < 1.29 is 0 Å². The maximum absolute atomic E-state index is 5.68. The predicted octanol–water partition coefficient (Wildman–Crippen LogP) is 4.15. The molecule has 90 valence electrons. The molecule has 0 spiro atoms. The summed E-state index contributed by atoms with van der Waals surface area (Å²) in [7, 11) is 0. The van der Waals surface area contributed by atoms with E-state index < -0.39 is 0 Å². The highest BCUT2D eigenvalue weighted by Crippen LogP contribution is 2.33. The topological polar surface area (TPSA) is 38.0 Å². The second-order valence-electron chi connectivity index (χ2n) is 3.89. The van der Waals surface area contributed by atoms with Crippen molar-refractivity contribution in [2.45, 2.75) is 32.7 Å². The SMILES string of the molecule is CCC(CC)C(NN)c1ccc(Br)cc1Br. The van der Waals surface area contributed by atoms with Gasteiger partial charge in [0, 0.05) is 15.0 Å². The Morgan fingerprint density at radius 3 is 2.31 bits per heavy atom. The number of hydrazine groups is 1. The van der Waals surface area contributed by atoms with Crippen LogP contribution in [0.25, 0.3) is 0 Å². The molecule has 0 aliphatic rings. The van der Waals surface area contributed by atoms with Gasteiger partial charge < -0.3 is 0 Å². The van der Waals surface area contributed by atoms with E-state index in [9.17, 15) is 0 Å². The molecule has 0 saturated carbocycles. The molecular formula is C12H18Br2N2. The number of hydrogen-bond acceptors (Lipinski definition) is 2. The minimum Gasteiger partial charge on any atom is -0.271 e. The summed E-state index contributed by atoms with van der Waals surface area (Å²) in [5, 5.41) is 0. The average Bonchev–Trinajstić information content (AvgIpc) is 2.27. The Balaban J connectivity index is 3.03. The smallest absolute Gasteiger partial charge is 0.0499 e. The van der Waals surface area contributed by atoms with Gasteiger partial charge >= 0.3 is 0 Å². The zero-order chi connectivity index (χ0) is 12.1.